The number of anilines is 1. The van der Waals surface area contributed by atoms with Crippen molar-refractivity contribution in [2.45, 2.75) is 6.42 Å². The fourth-order valence-corrected chi connectivity index (χ4v) is 1.42. The quantitative estimate of drug-likeness (QED) is 0.901. The van der Waals surface area contributed by atoms with Gasteiger partial charge in [-0.3, -0.25) is 9.18 Å². The molecule has 1 aromatic heterocycles. The average molecular weight is 286 g/mol. The summed E-state index contributed by atoms with van der Waals surface area (Å²) in [5, 5.41) is 0. The summed E-state index contributed by atoms with van der Waals surface area (Å²) in [6.07, 6.45) is 1.58. The molecule has 2 aromatic rings. The number of benzene rings is 1. The molecule has 1 heterocycles. The van der Waals surface area contributed by atoms with Crippen LogP contribution in [-0.4, -0.2) is 16.6 Å². The van der Waals surface area contributed by atoms with Crippen LogP contribution >= 0.6 is 12.4 Å². The Balaban J connectivity index is 0.00000180. The van der Waals surface area contributed by atoms with Crippen LogP contribution < -0.4 is 16.0 Å². The van der Waals surface area contributed by atoms with E-state index in [1.165, 1.54) is 6.33 Å². The maximum absolute atomic E-state index is 12.1. The second kappa shape index (κ2) is 6.75. The van der Waals surface area contributed by atoms with Crippen LogP contribution in [-0.2, 0) is 6.42 Å². The third-order valence-electron chi connectivity index (χ3n) is 2.37. The molecule has 0 amide bonds. The van der Waals surface area contributed by atoms with Gasteiger partial charge in [0.15, 0.2) is 5.69 Å². The predicted molar refractivity (Wildman–Crippen MR) is 72.7 cm³/mol. The summed E-state index contributed by atoms with van der Waals surface area (Å²) in [5.41, 5.74) is 5.87. The summed E-state index contributed by atoms with van der Waals surface area (Å²) in [6, 6.07) is 6.84. The van der Waals surface area contributed by atoms with E-state index >= 15 is 0 Å². The maximum atomic E-state index is 12.1. The highest BCUT2D eigenvalue weighted by atomic mass is 35.5. The van der Waals surface area contributed by atoms with Gasteiger partial charge in [0.05, 0.1) is 13.0 Å². The van der Waals surface area contributed by atoms with E-state index in [1.54, 1.807) is 24.3 Å². The van der Waals surface area contributed by atoms with Gasteiger partial charge in [0.2, 0.25) is 5.88 Å². The molecular formula is C12H13ClFN3O2. The molecule has 0 spiro atoms. The maximum Gasteiger partial charge on any atom is 0.277 e. The summed E-state index contributed by atoms with van der Waals surface area (Å²) in [6.45, 7) is -0.400. The van der Waals surface area contributed by atoms with Crippen LogP contribution in [0.2, 0.25) is 0 Å². The molecule has 0 fully saturated rings. The highest BCUT2D eigenvalue weighted by Crippen LogP contribution is 2.22. The number of rotatable bonds is 4. The van der Waals surface area contributed by atoms with E-state index in [1.807, 2.05) is 0 Å². The average Bonchev–Trinajstić information content (AvgIpc) is 2.38. The van der Waals surface area contributed by atoms with Crippen LogP contribution in [0, 0.1) is 0 Å². The van der Waals surface area contributed by atoms with E-state index in [-0.39, 0.29) is 24.0 Å². The summed E-state index contributed by atoms with van der Waals surface area (Å²) < 4.78 is 17.5. The van der Waals surface area contributed by atoms with Crippen molar-refractivity contribution < 1.29 is 9.13 Å². The number of aryl methyl sites for hydroxylation is 1. The molecule has 3 N–H and O–H groups in total. The monoisotopic (exact) mass is 285 g/mol. The highest BCUT2D eigenvalue weighted by molar-refractivity contribution is 5.85. The van der Waals surface area contributed by atoms with Crippen molar-refractivity contribution in [2.75, 3.05) is 12.4 Å². The van der Waals surface area contributed by atoms with Gasteiger partial charge in [-0.05, 0) is 17.7 Å². The molecule has 1 aromatic carbocycles. The van der Waals surface area contributed by atoms with Crippen LogP contribution in [0.5, 0.6) is 11.6 Å². The first-order valence-corrected chi connectivity index (χ1v) is 5.36. The van der Waals surface area contributed by atoms with E-state index in [0.717, 1.165) is 5.56 Å². The van der Waals surface area contributed by atoms with Crippen molar-refractivity contribution in [2.24, 2.45) is 0 Å². The number of aromatic nitrogens is 2. The first kappa shape index (κ1) is 15.0. The number of aromatic amines is 1. The third-order valence-corrected chi connectivity index (χ3v) is 2.37. The zero-order valence-electron chi connectivity index (χ0n) is 9.93. The molecule has 0 radical (unpaired) electrons. The lowest BCUT2D eigenvalue weighted by atomic mass is 10.2. The Hall–Kier alpha value is -2.08. The van der Waals surface area contributed by atoms with Gasteiger partial charge >= 0.3 is 0 Å². The van der Waals surface area contributed by atoms with Crippen LogP contribution in [0.3, 0.4) is 0 Å². The molecule has 2 rings (SSSR count). The van der Waals surface area contributed by atoms with Crippen LogP contribution in [0.1, 0.15) is 5.56 Å². The van der Waals surface area contributed by atoms with Gasteiger partial charge in [0.1, 0.15) is 5.75 Å². The molecule has 0 aliphatic rings. The van der Waals surface area contributed by atoms with Crippen LogP contribution in [0.4, 0.5) is 10.1 Å². The normalized spacial score (nSPS) is 9.74. The van der Waals surface area contributed by atoms with Gasteiger partial charge in [0, 0.05) is 6.42 Å². The van der Waals surface area contributed by atoms with Crippen molar-refractivity contribution in [3.05, 3.63) is 46.5 Å². The standard InChI is InChI=1S/C12H12FN3O2.ClH/c13-6-5-8-1-3-9(4-2-8)18-12-10(14)11(17)15-7-16-12;/h1-4,7H,5-6,14H2,(H,15,16,17);1H. The molecule has 102 valence electrons. The molecule has 0 aliphatic heterocycles. The summed E-state index contributed by atoms with van der Waals surface area (Å²) >= 11 is 0. The Labute approximate surface area is 115 Å². The van der Waals surface area contributed by atoms with E-state index < -0.39 is 12.2 Å². The molecular weight excluding hydrogens is 273 g/mol. The minimum Gasteiger partial charge on any atom is -0.437 e. The number of alkyl halides is 1. The number of hydrogen-bond acceptors (Lipinski definition) is 4. The Kier molecular flexibility index (Phi) is 5.32. The second-order valence-electron chi connectivity index (χ2n) is 3.64. The number of halogens is 2. The molecule has 0 bridgehead atoms. The molecule has 7 heteroatoms. The third kappa shape index (κ3) is 3.69. The number of hydrogen-bond donors (Lipinski definition) is 2. The molecule has 0 saturated heterocycles. The van der Waals surface area contributed by atoms with Crippen molar-refractivity contribution in [1.29, 1.82) is 0 Å². The summed E-state index contributed by atoms with van der Waals surface area (Å²) in [4.78, 5) is 17.4. The Morgan fingerprint density at radius 1 is 1.32 bits per heavy atom. The van der Waals surface area contributed by atoms with E-state index in [4.69, 9.17) is 10.5 Å². The zero-order valence-corrected chi connectivity index (χ0v) is 10.7. The number of nitrogen functional groups attached to an aromatic ring is 1. The minimum atomic E-state index is -0.450. The van der Waals surface area contributed by atoms with Gasteiger partial charge in [-0.15, -0.1) is 12.4 Å². The Morgan fingerprint density at radius 3 is 2.63 bits per heavy atom. The van der Waals surface area contributed by atoms with E-state index in [2.05, 4.69) is 9.97 Å². The van der Waals surface area contributed by atoms with Gasteiger partial charge in [-0.2, -0.15) is 0 Å². The fourth-order valence-electron chi connectivity index (χ4n) is 1.42. The second-order valence-corrected chi connectivity index (χ2v) is 3.64. The van der Waals surface area contributed by atoms with E-state index in [0.29, 0.717) is 12.2 Å². The molecule has 5 nitrogen and oxygen atoms in total. The fraction of sp³-hybridized carbons (Fsp3) is 0.167. The summed E-state index contributed by atoms with van der Waals surface area (Å²) in [5.74, 6) is 0.541. The summed E-state index contributed by atoms with van der Waals surface area (Å²) in [7, 11) is 0. The lowest BCUT2D eigenvalue weighted by Gasteiger charge is -2.06. The number of nitrogens with zero attached hydrogens (tertiary/aromatic N) is 1. The van der Waals surface area contributed by atoms with Gasteiger partial charge in [-0.1, -0.05) is 12.1 Å². The molecule has 0 saturated carbocycles. The van der Waals surface area contributed by atoms with Crippen molar-refractivity contribution in [3.63, 3.8) is 0 Å². The number of ether oxygens (including phenoxy) is 1. The minimum absolute atomic E-state index is 0. The molecule has 19 heavy (non-hydrogen) atoms. The van der Waals surface area contributed by atoms with Gasteiger partial charge < -0.3 is 15.5 Å². The molecule has 0 unspecified atom stereocenters. The van der Waals surface area contributed by atoms with Crippen LogP contribution in [0.15, 0.2) is 35.4 Å². The highest BCUT2D eigenvalue weighted by Gasteiger charge is 2.06. The zero-order chi connectivity index (χ0) is 13.0. The Bertz CT molecular complexity index is 586. The van der Waals surface area contributed by atoms with E-state index in [9.17, 15) is 9.18 Å². The smallest absolute Gasteiger partial charge is 0.277 e. The van der Waals surface area contributed by atoms with Crippen LogP contribution in [0.25, 0.3) is 0 Å². The number of nitrogens with two attached hydrogens (primary N) is 1. The van der Waals surface area contributed by atoms with Crippen molar-refractivity contribution in [3.8, 4) is 11.6 Å². The largest absolute Gasteiger partial charge is 0.437 e. The first-order chi connectivity index (χ1) is 8.70. The molecule has 0 atom stereocenters. The van der Waals surface area contributed by atoms with Gasteiger partial charge in [0.25, 0.3) is 5.56 Å². The Morgan fingerprint density at radius 2 is 2.00 bits per heavy atom. The number of nitrogens with one attached hydrogen (secondary N) is 1. The lowest BCUT2D eigenvalue weighted by molar-refractivity contribution is 0.462. The van der Waals surface area contributed by atoms with Crippen molar-refractivity contribution >= 4 is 18.1 Å². The molecule has 0 aliphatic carbocycles. The van der Waals surface area contributed by atoms with Crippen molar-refractivity contribution in [1.82, 2.24) is 9.97 Å². The van der Waals surface area contributed by atoms with Gasteiger partial charge in [-0.25, -0.2) is 4.98 Å². The first-order valence-electron chi connectivity index (χ1n) is 5.36. The SMILES string of the molecule is Cl.Nc1c(Oc2ccc(CCF)cc2)nc[nH]c1=O. The lowest BCUT2D eigenvalue weighted by Crippen LogP contribution is -2.13. The topological polar surface area (TPSA) is 81.0 Å². The number of H-pyrrole nitrogens is 1. The predicted octanol–water partition coefficient (Wildman–Crippen LogP) is 2.08.